The number of hydrogen-bond acceptors (Lipinski definition) is 3. The summed E-state index contributed by atoms with van der Waals surface area (Å²) in [4.78, 5) is 11.7. The second-order valence-electron chi connectivity index (χ2n) is 4.63. The maximum absolute atomic E-state index is 11.7. The first kappa shape index (κ1) is 12.5. The summed E-state index contributed by atoms with van der Waals surface area (Å²) in [5.41, 5.74) is 5.79. The second kappa shape index (κ2) is 6.08. The Morgan fingerprint density at radius 1 is 1.47 bits per heavy atom. The van der Waals surface area contributed by atoms with Crippen LogP contribution in [0.2, 0.25) is 0 Å². The molecule has 0 aromatic heterocycles. The monoisotopic (exact) mass is 214 g/mol. The number of ether oxygens (including phenoxy) is 1. The molecule has 15 heavy (non-hydrogen) atoms. The van der Waals surface area contributed by atoms with Crippen molar-refractivity contribution in [1.29, 1.82) is 0 Å². The Morgan fingerprint density at radius 3 is 2.60 bits per heavy atom. The van der Waals surface area contributed by atoms with Crippen LogP contribution < -0.4 is 11.1 Å². The molecule has 0 spiro atoms. The molecule has 0 saturated carbocycles. The number of amides is 1. The van der Waals surface area contributed by atoms with Crippen LogP contribution in [0.5, 0.6) is 0 Å². The highest BCUT2D eigenvalue weighted by molar-refractivity contribution is 5.81. The molecule has 1 aliphatic heterocycles. The summed E-state index contributed by atoms with van der Waals surface area (Å²) < 4.78 is 5.22. The van der Waals surface area contributed by atoms with Crippen molar-refractivity contribution in [3.63, 3.8) is 0 Å². The highest BCUT2D eigenvalue weighted by atomic mass is 16.5. The first-order valence-electron chi connectivity index (χ1n) is 5.73. The molecule has 0 bridgehead atoms. The predicted molar refractivity (Wildman–Crippen MR) is 59.4 cm³/mol. The lowest BCUT2D eigenvalue weighted by atomic mass is 10.0. The van der Waals surface area contributed by atoms with Crippen LogP contribution in [0.1, 0.15) is 33.1 Å². The van der Waals surface area contributed by atoms with Gasteiger partial charge in [-0.05, 0) is 25.2 Å². The molecule has 1 atom stereocenters. The van der Waals surface area contributed by atoms with Crippen LogP contribution in [-0.4, -0.2) is 31.2 Å². The summed E-state index contributed by atoms with van der Waals surface area (Å²) >= 11 is 0. The van der Waals surface area contributed by atoms with Gasteiger partial charge in [-0.3, -0.25) is 4.79 Å². The maximum atomic E-state index is 11.7. The Hall–Kier alpha value is -0.610. The van der Waals surface area contributed by atoms with Crippen LogP contribution in [0.3, 0.4) is 0 Å². The smallest absolute Gasteiger partial charge is 0.237 e. The highest BCUT2D eigenvalue weighted by Crippen LogP contribution is 2.08. The van der Waals surface area contributed by atoms with Crippen LogP contribution in [0.4, 0.5) is 0 Å². The van der Waals surface area contributed by atoms with Gasteiger partial charge >= 0.3 is 0 Å². The minimum Gasteiger partial charge on any atom is -0.381 e. The van der Waals surface area contributed by atoms with Gasteiger partial charge in [-0.2, -0.15) is 0 Å². The molecule has 0 aromatic rings. The van der Waals surface area contributed by atoms with E-state index >= 15 is 0 Å². The van der Waals surface area contributed by atoms with E-state index in [1.165, 1.54) is 0 Å². The molecule has 4 heteroatoms. The van der Waals surface area contributed by atoms with Crippen molar-refractivity contribution in [2.75, 3.05) is 13.2 Å². The standard InChI is InChI=1S/C11H22N2O2/c1-8(2)7-10(12)11(14)13-9-3-5-15-6-4-9/h8-10H,3-7,12H2,1-2H3,(H,13,14)/t10-/m0/s1. The third kappa shape index (κ3) is 4.62. The zero-order valence-electron chi connectivity index (χ0n) is 9.66. The average Bonchev–Trinajstić information content (AvgIpc) is 2.18. The Bertz CT molecular complexity index is 201. The van der Waals surface area contributed by atoms with Gasteiger partial charge in [0.15, 0.2) is 0 Å². The van der Waals surface area contributed by atoms with Gasteiger partial charge in [0.2, 0.25) is 5.91 Å². The fourth-order valence-electron chi connectivity index (χ4n) is 1.77. The third-order valence-electron chi connectivity index (χ3n) is 2.63. The molecule has 1 heterocycles. The molecule has 1 fully saturated rings. The Labute approximate surface area is 91.5 Å². The van der Waals surface area contributed by atoms with Crippen LogP contribution in [0.15, 0.2) is 0 Å². The molecule has 0 aromatic carbocycles. The molecule has 0 aliphatic carbocycles. The van der Waals surface area contributed by atoms with Crippen molar-refractivity contribution in [1.82, 2.24) is 5.32 Å². The SMILES string of the molecule is CC(C)C[C@H](N)C(=O)NC1CCOCC1. The second-order valence-corrected chi connectivity index (χ2v) is 4.63. The van der Waals surface area contributed by atoms with Gasteiger partial charge in [-0.25, -0.2) is 0 Å². The molecular formula is C11H22N2O2. The predicted octanol–water partition coefficient (Wildman–Crippen LogP) is 0.655. The summed E-state index contributed by atoms with van der Waals surface area (Å²) in [5, 5.41) is 2.98. The number of hydrogen-bond donors (Lipinski definition) is 2. The van der Waals surface area contributed by atoms with Crippen molar-refractivity contribution in [3.8, 4) is 0 Å². The minimum atomic E-state index is -0.368. The number of nitrogens with one attached hydrogen (secondary N) is 1. The zero-order chi connectivity index (χ0) is 11.3. The van der Waals surface area contributed by atoms with Gasteiger partial charge in [-0.1, -0.05) is 13.8 Å². The first-order valence-corrected chi connectivity index (χ1v) is 5.73. The van der Waals surface area contributed by atoms with Crippen LogP contribution >= 0.6 is 0 Å². The van der Waals surface area contributed by atoms with E-state index in [0.717, 1.165) is 32.5 Å². The van der Waals surface area contributed by atoms with E-state index in [2.05, 4.69) is 19.2 Å². The molecule has 4 nitrogen and oxygen atoms in total. The molecule has 88 valence electrons. The summed E-state index contributed by atoms with van der Waals surface area (Å²) in [5.74, 6) is 0.441. The lowest BCUT2D eigenvalue weighted by molar-refractivity contribution is -0.124. The van der Waals surface area contributed by atoms with Gasteiger partial charge in [0.05, 0.1) is 6.04 Å². The molecule has 1 amide bonds. The lowest BCUT2D eigenvalue weighted by Gasteiger charge is -2.25. The maximum Gasteiger partial charge on any atom is 0.237 e. The van der Waals surface area contributed by atoms with Gasteiger partial charge < -0.3 is 15.8 Å². The van der Waals surface area contributed by atoms with Crippen molar-refractivity contribution in [3.05, 3.63) is 0 Å². The minimum absolute atomic E-state index is 0.0180. The van der Waals surface area contributed by atoms with Crippen LogP contribution in [-0.2, 0) is 9.53 Å². The number of nitrogens with two attached hydrogens (primary N) is 1. The summed E-state index contributed by atoms with van der Waals surface area (Å²) in [7, 11) is 0. The van der Waals surface area contributed by atoms with E-state index in [-0.39, 0.29) is 18.0 Å². The number of carbonyl (C=O) groups is 1. The first-order chi connectivity index (χ1) is 7.09. The average molecular weight is 214 g/mol. The van der Waals surface area contributed by atoms with E-state index in [0.29, 0.717) is 5.92 Å². The largest absolute Gasteiger partial charge is 0.381 e. The van der Waals surface area contributed by atoms with Crippen molar-refractivity contribution in [2.24, 2.45) is 11.7 Å². The van der Waals surface area contributed by atoms with E-state index in [1.807, 2.05) is 0 Å². The van der Waals surface area contributed by atoms with Crippen molar-refractivity contribution >= 4 is 5.91 Å². The Balaban J connectivity index is 2.27. The highest BCUT2D eigenvalue weighted by Gasteiger charge is 2.20. The Morgan fingerprint density at radius 2 is 2.07 bits per heavy atom. The van der Waals surface area contributed by atoms with Crippen molar-refractivity contribution in [2.45, 2.75) is 45.2 Å². The Kier molecular flexibility index (Phi) is 5.05. The molecule has 0 radical (unpaired) electrons. The quantitative estimate of drug-likeness (QED) is 0.722. The van der Waals surface area contributed by atoms with Crippen LogP contribution in [0.25, 0.3) is 0 Å². The fraction of sp³-hybridized carbons (Fsp3) is 0.909. The normalized spacial score (nSPS) is 20.3. The number of rotatable bonds is 4. The van der Waals surface area contributed by atoms with E-state index < -0.39 is 0 Å². The molecule has 1 saturated heterocycles. The fourth-order valence-corrected chi connectivity index (χ4v) is 1.77. The summed E-state index contributed by atoms with van der Waals surface area (Å²) in [6, 6.07) is -0.114. The molecule has 1 rings (SSSR count). The van der Waals surface area contributed by atoms with Gasteiger partial charge in [0, 0.05) is 19.3 Å². The van der Waals surface area contributed by atoms with Gasteiger partial charge in [0.1, 0.15) is 0 Å². The molecule has 1 aliphatic rings. The zero-order valence-corrected chi connectivity index (χ0v) is 9.66. The van der Waals surface area contributed by atoms with Gasteiger partial charge in [0.25, 0.3) is 0 Å². The van der Waals surface area contributed by atoms with Gasteiger partial charge in [-0.15, -0.1) is 0 Å². The van der Waals surface area contributed by atoms with E-state index in [4.69, 9.17) is 10.5 Å². The summed E-state index contributed by atoms with van der Waals surface area (Å²) in [6.07, 6.45) is 2.55. The van der Waals surface area contributed by atoms with E-state index in [9.17, 15) is 4.79 Å². The number of carbonyl (C=O) groups excluding carboxylic acids is 1. The van der Waals surface area contributed by atoms with E-state index in [1.54, 1.807) is 0 Å². The molecular weight excluding hydrogens is 192 g/mol. The van der Waals surface area contributed by atoms with Crippen molar-refractivity contribution < 1.29 is 9.53 Å². The molecule has 0 unspecified atom stereocenters. The topological polar surface area (TPSA) is 64.4 Å². The lowest BCUT2D eigenvalue weighted by Crippen LogP contribution is -2.47. The van der Waals surface area contributed by atoms with Crippen LogP contribution in [0, 0.1) is 5.92 Å². The summed E-state index contributed by atoms with van der Waals surface area (Å²) in [6.45, 7) is 5.62. The third-order valence-corrected chi connectivity index (χ3v) is 2.63. The molecule has 3 N–H and O–H groups in total.